The summed E-state index contributed by atoms with van der Waals surface area (Å²) < 4.78 is 1.72. The molecule has 1 unspecified atom stereocenters. The van der Waals surface area contributed by atoms with Gasteiger partial charge in [-0.1, -0.05) is 29.3 Å². The molecule has 9 nitrogen and oxygen atoms in total. The van der Waals surface area contributed by atoms with Crippen LogP contribution in [-0.2, 0) is 4.79 Å². The van der Waals surface area contributed by atoms with E-state index < -0.39 is 0 Å². The Kier molecular flexibility index (Phi) is 7.52. The van der Waals surface area contributed by atoms with Crippen LogP contribution in [0.15, 0.2) is 24.4 Å². The van der Waals surface area contributed by atoms with Crippen LogP contribution in [0.4, 0.5) is 5.82 Å². The van der Waals surface area contributed by atoms with E-state index in [1.54, 1.807) is 23.0 Å². The zero-order valence-corrected chi connectivity index (χ0v) is 22.3. The fourth-order valence-corrected chi connectivity index (χ4v) is 6.09. The van der Waals surface area contributed by atoms with Crippen LogP contribution in [0, 0.1) is 23.2 Å². The Morgan fingerprint density at radius 1 is 1.27 bits per heavy atom. The molecule has 3 aromatic rings. The van der Waals surface area contributed by atoms with E-state index in [4.69, 9.17) is 33.9 Å². The summed E-state index contributed by atoms with van der Waals surface area (Å²) in [6.45, 7) is 6.91. The van der Waals surface area contributed by atoms with Crippen molar-refractivity contribution in [2.45, 2.75) is 38.6 Å². The van der Waals surface area contributed by atoms with Crippen molar-refractivity contribution >= 4 is 46.1 Å². The number of benzene rings is 1. The van der Waals surface area contributed by atoms with Gasteiger partial charge in [0, 0.05) is 36.1 Å². The van der Waals surface area contributed by atoms with Crippen LogP contribution in [0.5, 0.6) is 0 Å². The minimum Gasteiger partial charge on any atom is -0.370 e. The second-order valence-electron chi connectivity index (χ2n) is 10.1. The molecule has 1 amide bonds. The number of nitrogens with zero attached hydrogens (tertiary/aromatic N) is 7. The van der Waals surface area contributed by atoms with Gasteiger partial charge in [-0.2, -0.15) is 10.4 Å². The molecule has 194 valence electrons. The number of aromatic nitrogens is 4. The molecule has 2 fully saturated rings. The fraction of sp³-hybridized carbons (Fsp3) is 0.500. The summed E-state index contributed by atoms with van der Waals surface area (Å²) in [5.74, 6) is 1.80. The largest absolute Gasteiger partial charge is 0.370 e. The SMILES string of the molecule is CC(c1ccc(Cl)cc1Cl)n1nc(C#N)c2ncc(N3CC([C@@H]4CCCN(CCCC(N)=O)C4)C3)nc21. The summed E-state index contributed by atoms with van der Waals surface area (Å²) in [5, 5.41) is 15.2. The molecule has 0 bridgehead atoms. The quantitative estimate of drug-likeness (QED) is 0.458. The second kappa shape index (κ2) is 10.8. The molecule has 2 atom stereocenters. The maximum absolute atomic E-state index is 11.1. The maximum atomic E-state index is 11.1. The maximum Gasteiger partial charge on any atom is 0.217 e. The highest BCUT2D eigenvalue weighted by atomic mass is 35.5. The van der Waals surface area contributed by atoms with Crippen molar-refractivity contribution in [2.24, 2.45) is 17.6 Å². The van der Waals surface area contributed by atoms with Crippen LogP contribution < -0.4 is 10.6 Å². The summed E-state index contributed by atoms with van der Waals surface area (Å²) in [6, 6.07) is 7.24. The van der Waals surface area contributed by atoms with E-state index in [9.17, 15) is 10.1 Å². The van der Waals surface area contributed by atoms with Crippen molar-refractivity contribution in [1.82, 2.24) is 24.6 Å². The molecule has 2 N–H and O–H groups in total. The summed E-state index contributed by atoms with van der Waals surface area (Å²) in [6.07, 6.45) is 5.43. The fourth-order valence-electron chi connectivity index (χ4n) is 5.52. The number of piperidine rings is 1. The topological polar surface area (TPSA) is 117 Å². The predicted molar refractivity (Wildman–Crippen MR) is 144 cm³/mol. The lowest BCUT2D eigenvalue weighted by molar-refractivity contribution is -0.118. The van der Waals surface area contributed by atoms with Gasteiger partial charge in [0.15, 0.2) is 11.3 Å². The molecule has 2 aromatic heterocycles. The van der Waals surface area contributed by atoms with Crippen LogP contribution in [0.25, 0.3) is 11.2 Å². The first-order valence-electron chi connectivity index (χ1n) is 12.7. The number of anilines is 1. The van der Waals surface area contributed by atoms with Crippen LogP contribution in [0.2, 0.25) is 10.0 Å². The lowest BCUT2D eigenvalue weighted by atomic mass is 9.80. The molecule has 2 aliphatic heterocycles. The third-order valence-corrected chi connectivity index (χ3v) is 8.18. The number of halogens is 2. The van der Waals surface area contributed by atoms with Crippen LogP contribution in [0.1, 0.15) is 49.9 Å². The third-order valence-electron chi connectivity index (χ3n) is 7.62. The number of likely N-dealkylation sites (tertiary alicyclic amines) is 1. The number of primary amides is 1. The number of nitrogens with two attached hydrogens (primary N) is 1. The summed E-state index contributed by atoms with van der Waals surface area (Å²) in [7, 11) is 0. The number of rotatable bonds is 8. The Bertz CT molecular complexity index is 1350. The van der Waals surface area contributed by atoms with Gasteiger partial charge in [0.25, 0.3) is 0 Å². The van der Waals surface area contributed by atoms with Gasteiger partial charge in [0.2, 0.25) is 5.91 Å². The highest BCUT2D eigenvalue weighted by molar-refractivity contribution is 6.35. The molecule has 5 rings (SSSR count). The normalized spacial score (nSPS) is 19.5. The Morgan fingerprint density at radius 3 is 2.81 bits per heavy atom. The average molecular weight is 541 g/mol. The molecule has 1 aromatic carbocycles. The Hall–Kier alpha value is -2.93. The van der Waals surface area contributed by atoms with E-state index in [0.717, 1.165) is 50.5 Å². The van der Waals surface area contributed by atoms with E-state index in [2.05, 4.69) is 26.0 Å². The van der Waals surface area contributed by atoms with Crippen molar-refractivity contribution < 1.29 is 4.79 Å². The third kappa shape index (κ3) is 5.37. The number of hydrogen-bond acceptors (Lipinski definition) is 7. The zero-order valence-electron chi connectivity index (χ0n) is 20.8. The minimum atomic E-state index is -0.258. The summed E-state index contributed by atoms with van der Waals surface area (Å²) in [4.78, 5) is 25.2. The molecule has 0 radical (unpaired) electrons. The van der Waals surface area contributed by atoms with Crippen molar-refractivity contribution in [3.05, 3.63) is 45.7 Å². The van der Waals surface area contributed by atoms with Gasteiger partial charge in [0.1, 0.15) is 17.4 Å². The summed E-state index contributed by atoms with van der Waals surface area (Å²) >= 11 is 12.5. The van der Waals surface area contributed by atoms with Crippen LogP contribution >= 0.6 is 23.2 Å². The Labute approximate surface area is 226 Å². The van der Waals surface area contributed by atoms with Crippen molar-refractivity contribution in [3.63, 3.8) is 0 Å². The van der Waals surface area contributed by atoms with Crippen molar-refractivity contribution in [2.75, 3.05) is 37.6 Å². The second-order valence-corrected chi connectivity index (χ2v) is 10.9. The number of carbonyl (C=O) groups is 1. The highest BCUT2D eigenvalue weighted by Gasteiger charge is 2.36. The standard InChI is InChI=1S/C26H30Cl2N8O/c1-16(20-7-6-19(27)10-21(20)28)36-26-25(22(11-29)33-36)31-12-24(32-26)35-14-18(15-35)17-4-2-8-34(13-17)9-3-5-23(30)37/h6-7,10,12,16-18H,2-5,8-9,13-15H2,1H3,(H2,30,37)/t16?,17-/m1/s1. The van der Waals surface area contributed by atoms with E-state index in [-0.39, 0.29) is 17.6 Å². The number of carbonyl (C=O) groups excluding carboxylic acids is 1. The van der Waals surface area contributed by atoms with Crippen LogP contribution in [0.3, 0.4) is 0 Å². The van der Waals surface area contributed by atoms with Crippen LogP contribution in [-0.4, -0.2) is 63.3 Å². The number of hydrogen-bond donors (Lipinski definition) is 1. The molecule has 37 heavy (non-hydrogen) atoms. The molecule has 0 spiro atoms. The predicted octanol–water partition coefficient (Wildman–Crippen LogP) is 4.03. The highest BCUT2D eigenvalue weighted by Crippen LogP contribution is 2.35. The van der Waals surface area contributed by atoms with Crippen molar-refractivity contribution in [3.8, 4) is 6.07 Å². The molecular weight excluding hydrogens is 511 g/mol. The van der Waals surface area contributed by atoms with Gasteiger partial charge in [-0.3, -0.25) is 4.79 Å². The van der Waals surface area contributed by atoms with E-state index in [1.807, 2.05) is 13.0 Å². The molecule has 2 saturated heterocycles. The van der Waals surface area contributed by atoms with Gasteiger partial charge in [0.05, 0.1) is 12.2 Å². The molecule has 4 heterocycles. The first-order chi connectivity index (χ1) is 17.8. The number of nitriles is 1. The number of fused-ring (bicyclic) bond motifs is 1. The monoisotopic (exact) mass is 540 g/mol. The van der Waals surface area contributed by atoms with Gasteiger partial charge in [-0.25, -0.2) is 14.6 Å². The first kappa shape index (κ1) is 25.7. The average Bonchev–Trinajstić information content (AvgIpc) is 3.21. The smallest absolute Gasteiger partial charge is 0.217 e. The minimum absolute atomic E-state index is 0.227. The van der Waals surface area contributed by atoms with Gasteiger partial charge in [-0.15, -0.1) is 0 Å². The molecule has 11 heteroatoms. The van der Waals surface area contributed by atoms with Crippen molar-refractivity contribution in [1.29, 1.82) is 5.26 Å². The lowest BCUT2D eigenvalue weighted by Gasteiger charge is -2.47. The molecule has 0 aliphatic carbocycles. The van der Waals surface area contributed by atoms with E-state index >= 15 is 0 Å². The number of amides is 1. The summed E-state index contributed by atoms with van der Waals surface area (Å²) in [5.41, 5.74) is 7.42. The van der Waals surface area contributed by atoms with Gasteiger partial charge < -0.3 is 15.5 Å². The lowest BCUT2D eigenvalue weighted by Crippen LogP contribution is -2.54. The Morgan fingerprint density at radius 2 is 2.08 bits per heavy atom. The first-order valence-corrected chi connectivity index (χ1v) is 13.5. The molecular formula is C26H30Cl2N8O. The van der Waals surface area contributed by atoms with Gasteiger partial charge in [-0.05, 0) is 68.8 Å². The van der Waals surface area contributed by atoms with Gasteiger partial charge >= 0.3 is 0 Å². The zero-order chi connectivity index (χ0) is 26.1. The molecule has 2 aliphatic rings. The van der Waals surface area contributed by atoms with E-state index in [1.165, 1.54) is 12.8 Å². The Balaban J connectivity index is 1.30. The molecule has 0 saturated carbocycles. The van der Waals surface area contributed by atoms with E-state index in [0.29, 0.717) is 39.5 Å².